The van der Waals surface area contributed by atoms with E-state index in [0.29, 0.717) is 12.0 Å². The van der Waals surface area contributed by atoms with E-state index in [-0.39, 0.29) is 11.2 Å². The summed E-state index contributed by atoms with van der Waals surface area (Å²) in [7, 11) is 0. The molecular formula is C15H19NO2S. The van der Waals surface area contributed by atoms with Crippen LogP contribution in [-0.2, 0) is 18.3 Å². The molecule has 0 aliphatic heterocycles. The smallest absolute Gasteiger partial charge is 0.173 e. The summed E-state index contributed by atoms with van der Waals surface area (Å²) in [5, 5.41) is 2.91. The highest BCUT2D eigenvalue weighted by Gasteiger charge is 2.20. The summed E-state index contributed by atoms with van der Waals surface area (Å²) in [6, 6.07) is 1.75. The summed E-state index contributed by atoms with van der Waals surface area (Å²) >= 11 is 1.55. The molecule has 0 atom stereocenters. The predicted molar refractivity (Wildman–Crippen MR) is 76.9 cm³/mol. The number of hydrogen-bond acceptors (Lipinski definition) is 4. The number of Topliss-reactive ketones (excluding diaryl/α,β-unsaturated/α-hetero) is 1. The second-order valence-corrected chi connectivity index (χ2v) is 6.53. The van der Waals surface area contributed by atoms with Gasteiger partial charge in [0, 0.05) is 17.2 Å². The molecule has 0 N–H and O–H groups in total. The van der Waals surface area contributed by atoms with Crippen LogP contribution in [0, 0.1) is 0 Å². The van der Waals surface area contributed by atoms with Crippen molar-refractivity contribution in [2.75, 3.05) is 0 Å². The molecule has 0 aliphatic carbocycles. The summed E-state index contributed by atoms with van der Waals surface area (Å²) in [4.78, 5) is 16.8. The molecule has 0 saturated carbocycles. The second kappa shape index (κ2) is 5.29. The molecular weight excluding hydrogens is 258 g/mol. The Morgan fingerprint density at radius 2 is 2.16 bits per heavy atom. The Balaban J connectivity index is 2.14. The molecule has 0 spiro atoms. The molecule has 2 aromatic heterocycles. The lowest BCUT2D eigenvalue weighted by Crippen LogP contribution is -2.12. The van der Waals surface area contributed by atoms with Crippen molar-refractivity contribution in [1.29, 1.82) is 0 Å². The van der Waals surface area contributed by atoms with Gasteiger partial charge in [-0.1, -0.05) is 27.7 Å². The third-order valence-electron chi connectivity index (χ3n) is 3.00. The molecule has 19 heavy (non-hydrogen) atoms. The number of thiazole rings is 1. The largest absolute Gasteiger partial charge is 0.469 e. The molecule has 0 saturated heterocycles. The number of nitrogens with zero attached hydrogens (tertiary/aromatic N) is 1. The minimum Gasteiger partial charge on any atom is -0.469 e. The zero-order chi connectivity index (χ0) is 14.0. The Bertz CT molecular complexity index is 575. The van der Waals surface area contributed by atoms with Crippen LogP contribution in [-0.4, -0.2) is 10.8 Å². The Kier molecular flexibility index (Phi) is 3.90. The van der Waals surface area contributed by atoms with Crippen LogP contribution in [0.4, 0.5) is 0 Å². The van der Waals surface area contributed by atoms with Gasteiger partial charge in [-0.3, -0.25) is 4.79 Å². The molecule has 0 amide bonds. The Morgan fingerprint density at radius 1 is 1.42 bits per heavy atom. The van der Waals surface area contributed by atoms with Gasteiger partial charge in [-0.25, -0.2) is 4.98 Å². The molecule has 3 nitrogen and oxygen atoms in total. The van der Waals surface area contributed by atoms with Gasteiger partial charge in [-0.15, -0.1) is 11.3 Å². The first-order chi connectivity index (χ1) is 8.91. The van der Waals surface area contributed by atoms with Gasteiger partial charge in [0.1, 0.15) is 10.8 Å². The number of hydrogen-bond donors (Lipinski definition) is 0. The molecule has 0 bridgehead atoms. The van der Waals surface area contributed by atoms with Crippen LogP contribution >= 0.6 is 11.3 Å². The van der Waals surface area contributed by atoms with Gasteiger partial charge in [0.25, 0.3) is 0 Å². The van der Waals surface area contributed by atoms with Gasteiger partial charge in [0.2, 0.25) is 0 Å². The van der Waals surface area contributed by atoms with E-state index in [1.54, 1.807) is 23.7 Å². The van der Waals surface area contributed by atoms with Gasteiger partial charge in [0.05, 0.1) is 23.9 Å². The summed E-state index contributed by atoms with van der Waals surface area (Å²) in [5.74, 6) is 0.845. The third kappa shape index (κ3) is 3.13. The van der Waals surface area contributed by atoms with E-state index in [1.165, 1.54) is 0 Å². The third-order valence-corrected chi connectivity index (χ3v) is 3.85. The molecule has 0 aliphatic rings. The van der Waals surface area contributed by atoms with Gasteiger partial charge in [-0.2, -0.15) is 0 Å². The van der Waals surface area contributed by atoms with Crippen LogP contribution < -0.4 is 0 Å². The SMILES string of the molecule is CCc1occc1C(=O)Cc1nc(C(C)(C)C)cs1. The molecule has 0 fully saturated rings. The molecule has 0 unspecified atom stereocenters. The summed E-state index contributed by atoms with van der Waals surface area (Å²) in [6.07, 6.45) is 2.67. The highest BCUT2D eigenvalue weighted by Crippen LogP contribution is 2.25. The lowest BCUT2D eigenvalue weighted by molar-refractivity contribution is 0.0991. The molecule has 4 heteroatoms. The maximum atomic E-state index is 12.2. The fourth-order valence-electron chi connectivity index (χ4n) is 1.83. The maximum absolute atomic E-state index is 12.2. The number of carbonyl (C=O) groups excluding carboxylic acids is 1. The normalized spacial score (nSPS) is 11.8. The van der Waals surface area contributed by atoms with E-state index < -0.39 is 0 Å². The van der Waals surface area contributed by atoms with Crippen LogP contribution in [0.25, 0.3) is 0 Å². The lowest BCUT2D eigenvalue weighted by atomic mass is 9.93. The molecule has 2 aromatic rings. The van der Waals surface area contributed by atoms with Crippen molar-refractivity contribution >= 4 is 17.1 Å². The van der Waals surface area contributed by atoms with Crippen molar-refractivity contribution in [3.8, 4) is 0 Å². The summed E-state index contributed by atoms with van der Waals surface area (Å²) in [5.41, 5.74) is 1.76. The average Bonchev–Trinajstić information content (AvgIpc) is 2.95. The molecule has 0 aromatic carbocycles. The first-order valence-corrected chi connectivity index (χ1v) is 7.34. The number of ketones is 1. The van der Waals surface area contributed by atoms with E-state index >= 15 is 0 Å². The lowest BCUT2D eigenvalue weighted by Gasteiger charge is -2.14. The van der Waals surface area contributed by atoms with E-state index in [2.05, 4.69) is 25.8 Å². The minimum atomic E-state index is 0.0298. The van der Waals surface area contributed by atoms with Crippen molar-refractivity contribution in [3.05, 3.63) is 39.7 Å². The van der Waals surface area contributed by atoms with Crippen molar-refractivity contribution in [1.82, 2.24) is 4.98 Å². The Hall–Kier alpha value is -1.42. The first-order valence-electron chi connectivity index (χ1n) is 6.46. The number of carbonyl (C=O) groups is 1. The van der Waals surface area contributed by atoms with E-state index in [0.717, 1.165) is 22.9 Å². The summed E-state index contributed by atoms with van der Waals surface area (Å²) < 4.78 is 5.29. The van der Waals surface area contributed by atoms with Gasteiger partial charge >= 0.3 is 0 Å². The van der Waals surface area contributed by atoms with Crippen molar-refractivity contribution < 1.29 is 9.21 Å². The van der Waals surface area contributed by atoms with Crippen molar-refractivity contribution in [3.63, 3.8) is 0 Å². The summed E-state index contributed by atoms with van der Waals surface area (Å²) in [6.45, 7) is 8.35. The first kappa shape index (κ1) is 14.0. The van der Waals surface area contributed by atoms with Crippen LogP contribution in [0.2, 0.25) is 0 Å². The Morgan fingerprint density at radius 3 is 2.74 bits per heavy atom. The van der Waals surface area contributed by atoms with Gasteiger partial charge in [-0.05, 0) is 6.07 Å². The van der Waals surface area contributed by atoms with Crippen LogP contribution in [0.3, 0.4) is 0 Å². The van der Waals surface area contributed by atoms with Gasteiger partial charge in [0.15, 0.2) is 5.78 Å². The average molecular weight is 277 g/mol. The fourth-order valence-corrected chi connectivity index (χ4v) is 2.85. The van der Waals surface area contributed by atoms with Crippen LogP contribution in [0.15, 0.2) is 22.1 Å². The molecule has 2 heterocycles. The van der Waals surface area contributed by atoms with Crippen LogP contribution in [0.5, 0.6) is 0 Å². The monoisotopic (exact) mass is 277 g/mol. The molecule has 102 valence electrons. The van der Waals surface area contributed by atoms with Gasteiger partial charge < -0.3 is 4.42 Å². The van der Waals surface area contributed by atoms with E-state index in [9.17, 15) is 4.79 Å². The second-order valence-electron chi connectivity index (χ2n) is 5.59. The zero-order valence-electron chi connectivity index (χ0n) is 11.8. The fraction of sp³-hybridized carbons (Fsp3) is 0.467. The Labute approximate surface area is 117 Å². The molecule has 0 radical (unpaired) electrons. The standard InChI is InChI=1S/C15H19NO2S/c1-5-12-10(6-7-18-12)11(17)8-14-16-13(9-19-14)15(2,3)4/h6-7,9H,5,8H2,1-4H3. The topological polar surface area (TPSA) is 43.1 Å². The number of aryl methyl sites for hydroxylation is 1. The number of furan rings is 1. The van der Waals surface area contributed by atoms with Crippen LogP contribution in [0.1, 0.15) is 54.5 Å². The minimum absolute atomic E-state index is 0.0298. The van der Waals surface area contributed by atoms with Crippen molar-refractivity contribution in [2.45, 2.75) is 46.0 Å². The highest BCUT2D eigenvalue weighted by molar-refractivity contribution is 7.09. The van der Waals surface area contributed by atoms with E-state index in [4.69, 9.17) is 4.42 Å². The highest BCUT2D eigenvalue weighted by atomic mass is 32.1. The quantitative estimate of drug-likeness (QED) is 0.793. The number of rotatable bonds is 4. The van der Waals surface area contributed by atoms with E-state index in [1.807, 2.05) is 12.3 Å². The zero-order valence-corrected chi connectivity index (χ0v) is 12.6. The maximum Gasteiger partial charge on any atom is 0.173 e. The number of aromatic nitrogens is 1. The van der Waals surface area contributed by atoms with Crippen molar-refractivity contribution in [2.24, 2.45) is 0 Å². The predicted octanol–water partition coefficient (Wildman–Crippen LogP) is 4.02. The molecule has 2 rings (SSSR count).